The Balaban J connectivity index is 1.71. The van der Waals surface area contributed by atoms with Gasteiger partial charge in [0.25, 0.3) is 0 Å². The molecule has 2 rings (SSSR count). The third-order valence-electron chi connectivity index (χ3n) is 3.62. The number of rotatable bonds is 3. The van der Waals surface area contributed by atoms with Crippen molar-refractivity contribution >= 4 is 11.6 Å². The Bertz CT molecular complexity index is 182. The normalized spacial score (nSPS) is 37.8. The maximum atomic E-state index is 6.38. The Morgan fingerprint density at radius 3 is 2.80 bits per heavy atom. The van der Waals surface area contributed by atoms with Gasteiger partial charge >= 0.3 is 0 Å². The lowest BCUT2D eigenvalue weighted by Crippen LogP contribution is -2.39. The largest absolute Gasteiger partial charge is 0.381 e. The van der Waals surface area contributed by atoms with Crippen LogP contribution in [0, 0.1) is 5.92 Å². The first-order valence-corrected chi connectivity index (χ1v) is 6.75. The number of hydrogen-bond donors (Lipinski definition) is 1. The molecule has 0 radical (unpaired) electrons. The predicted molar refractivity (Wildman–Crippen MR) is 63.4 cm³/mol. The van der Waals surface area contributed by atoms with Crippen LogP contribution < -0.4 is 5.32 Å². The summed E-state index contributed by atoms with van der Waals surface area (Å²) in [5, 5.41) is 3.98. The van der Waals surface area contributed by atoms with Gasteiger partial charge in [-0.2, -0.15) is 0 Å². The molecule has 1 heterocycles. The van der Waals surface area contributed by atoms with E-state index in [2.05, 4.69) is 5.32 Å². The number of hydrogen-bond acceptors (Lipinski definition) is 2. The molecule has 2 nitrogen and oxygen atoms in total. The molecular formula is C12H22ClNO. The van der Waals surface area contributed by atoms with E-state index in [1.165, 1.54) is 38.5 Å². The molecule has 1 saturated carbocycles. The lowest BCUT2D eigenvalue weighted by Gasteiger charge is -2.22. The van der Waals surface area contributed by atoms with Gasteiger partial charge in [0.1, 0.15) is 0 Å². The monoisotopic (exact) mass is 231 g/mol. The second-order valence-electron chi connectivity index (χ2n) is 4.90. The van der Waals surface area contributed by atoms with Crippen LogP contribution in [0.2, 0.25) is 0 Å². The van der Waals surface area contributed by atoms with Crippen LogP contribution >= 0.6 is 11.6 Å². The van der Waals surface area contributed by atoms with Crippen LogP contribution in [0.15, 0.2) is 0 Å². The third-order valence-corrected chi connectivity index (χ3v) is 4.15. The minimum atomic E-state index is 0.342. The summed E-state index contributed by atoms with van der Waals surface area (Å²) in [6.07, 6.45) is 7.64. The van der Waals surface area contributed by atoms with Crippen LogP contribution in [0.5, 0.6) is 0 Å². The van der Waals surface area contributed by atoms with Gasteiger partial charge in [0.05, 0.1) is 6.61 Å². The highest BCUT2D eigenvalue weighted by Gasteiger charge is 2.23. The van der Waals surface area contributed by atoms with Crippen LogP contribution in [0.25, 0.3) is 0 Å². The molecule has 3 atom stereocenters. The van der Waals surface area contributed by atoms with Crippen LogP contribution in [-0.4, -0.2) is 31.2 Å². The molecule has 1 aliphatic heterocycles. The van der Waals surface area contributed by atoms with E-state index >= 15 is 0 Å². The smallest absolute Gasteiger partial charge is 0.0507 e. The molecule has 1 N–H and O–H groups in total. The van der Waals surface area contributed by atoms with Gasteiger partial charge in [-0.1, -0.05) is 19.3 Å². The van der Waals surface area contributed by atoms with Gasteiger partial charge in [-0.3, -0.25) is 0 Å². The molecule has 3 unspecified atom stereocenters. The molecule has 0 bridgehead atoms. The molecule has 2 fully saturated rings. The van der Waals surface area contributed by atoms with Gasteiger partial charge in [-0.05, 0) is 25.2 Å². The van der Waals surface area contributed by atoms with Crippen LogP contribution in [0.3, 0.4) is 0 Å². The minimum Gasteiger partial charge on any atom is -0.381 e. The highest BCUT2D eigenvalue weighted by atomic mass is 35.5. The Morgan fingerprint density at radius 1 is 1.13 bits per heavy atom. The van der Waals surface area contributed by atoms with Gasteiger partial charge < -0.3 is 10.1 Å². The number of nitrogens with one attached hydrogen (secondary N) is 1. The number of alkyl halides is 1. The standard InChI is InChI=1S/C12H22ClNO/c13-11-4-2-1-3-5-12(11)14-8-10-6-7-15-9-10/h10-12,14H,1-9H2. The second-order valence-corrected chi connectivity index (χ2v) is 5.46. The highest BCUT2D eigenvalue weighted by molar-refractivity contribution is 6.21. The van der Waals surface area contributed by atoms with Crippen molar-refractivity contribution in [3.8, 4) is 0 Å². The summed E-state index contributed by atoms with van der Waals surface area (Å²) in [6.45, 7) is 2.97. The van der Waals surface area contributed by atoms with E-state index in [0.717, 1.165) is 25.7 Å². The predicted octanol–water partition coefficient (Wildman–Crippen LogP) is 2.55. The maximum absolute atomic E-state index is 6.38. The van der Waals surface area contributed by atoms with Gasteiger partial charge in [0.15, 0.2) is 0 Å². The zero-order chi connectivity index (χ0) is 10.5. The Morgan fingerprint density at radius 2 is 2.00 bits per heavy atom. The van der Waals surface area contributed by atoms with E-state index in [0.29, 0.717) is 11.4 Å². The van der Waals surface area contributed by atoms with E-state index < -0.39 is 0 Å². The summed E-state index contributed by atoms with van der Waals surface area (Å²) in [7, 11) is 0. The van der Waals surface area contributed by atoms with Crippen LogP contribution in [-0.2, 0) is 4.74 Å². The molecule has 1 saturated heterocycles. The second kappa shape index (κ2) is 6.07. The Kier molecular flexibility index (Phi) is 4.73. The zero-order valence-electron chi connectivity index (χ0n) is 9.38. The third kappa shape index (κ3) is 3.61. The van der Waals surface area contributed by atoms with E-state index in [-0.39, 0.29) is 0 Å². The molecule has 3 heteroatoms. The summed E-state index contributed by atoms with van der Waals surface area (Å²) < 4.78 is 5.38. The lowest BCUT2D eigenvalue weighted by molar-refractivity contribution is 0.184. The fourth-order valence-electron chi connectivity index (χ4n) is 2.55. The first-order chi connectivity index (χ1) is 7.36. The summed E-state index contributed by atoms with van der Waals surface area (Å²) in [5.74, 6) is 0.720. The average molecular weight is 232 g/mol. The molecule has 1 aliphatic carbocycles. The van der Waals surface area contributed by atoms with Crippen LogP contribution in [0.1, 0.15) is 38.5 Å². The SMILES string of the molecule is ClC1CCCCCC1NCC1CCOC1. The van der Waals surface area contributed by atoms with E-state index in [9.17, 15) is 0 Å². The maximum Gasteiger partial charge on any atom is 0.0507 e. The Labute approximate surface area is 97.7 Å². The summed E-state index contributed by atoms with van der Waals surface area (Å²) >= 11 is 6.38. The fraction of sp³-hybridized carbons (Fsp3) is 1.00. The topological polar surface area (TPSA) is 21.3 Å². The highest BCUT2D eigenvalue weighted by Crippen LogP contribution is 2.23. The van der Waals surface area contributed by atoms with Gasteiger partial charge in [-0.25, -0.2) is 0 Å². The summed E-state index contributed by atoms with van der Waals surface area (Å²) in [6, 6.07) is 0.537. The van der Waals surface area contributed by atoms with Crippen molar-refractivity contribution in [1.82, 2.24) is 5.32 Å². The van der Waals surface area contributed by atoms with E-state index in [4.69, 9.17) is 16.3 Å². The quantitative estimate of drug-likeness (QED) is 0.596. The van der Waals surface area contributed by atoms with Gasteiger partial charge in [-0.15, -0.1) is 11.6 Å². The minimum absolute atomic E-state index is 0.342. The molecule has 88 valence electrons. The molecule has 0 aromatic carbocycles. The van der Waals surface area contributed by atoms with Crippen LogP contribution in [0.4, 0.5) is 0 Å². The molecule has 2 aliphatic rings. The number of halogens is 1. The first kappa shape index (κ1) is 11.7. The summed E-state index contributed by atoms with van der Waals surface area (Å²) in [4.78, 5) is 0. The molecule has 0 aromatic rings. The van der Waals surface area contributed by atoms with Crippen molar-refractivity contribution in [2.45, 2.75) is 49.9 Å². The van der Waals surface area contributed by atoms with Gasteiger partial charge in [0, 0.05) is 24.6 Å². The van der Waals surface area contributed by atoms with Crippen molar-refractivity contribution in [1.29, 1.82) is 0 Å². The summed E-state index contributed by atoms with van der Waals surface area (Å²) in [5.41, 5.74) is 0. The van der Waals surface area contributed by atoms with Gasteiger partial charge in [0.2, 0.25) is 0 Å². The van der Waals surface area contributed by atoms with Crippen molar-refractivity contribution < 1.29 is 4.74 Å². The fourth-order valence-corrected chi connectivity index (χ4v) is 2.92. The van der Waals surface area contributed by atoms with Crippen molar-refractivity contribution in [2.24, 2.45) is 5.92 Å². The molecule has 0 spiro atoms. The average Bonchev–Trinajstić information content (AvgIpc) is 2.67. The lowest BCUT2D eigenvalue weighted by atomic mass is 10.1. The molecule has 0 amide bonds. The van der Waals surface area contributed by atoms with E-state index in [1.807, 2.05) is 0 Å². The molecule has 15 heavy (non-hydrogen) atoms. The van der Waals surface area contributed by atoms with E-state index in [1.54, 1.807) is 0 Å². The van der Waals surface area contributed by atoms with Crippen molar-refractivity contribution in [2.75, 3.05) is 19.8 Å². The van der Waals surface area contributed by atoms with Crippen molar-refractivity contribution in [3.63, 3.8) is 0 Å². The zero-order valence-corrected chi connectivity index (χ0v) is 10.1. The number of ether oxygens (including phenoxy) is 1. The molecule has 0 aromatic heterocycles. The Hall–Kier alpha value is 0.210. The van der Waals surface area contributed by atoms with Crippen molar-refractivity contribution in [3.05, 3.63) is 0 Å². The first-order valence-electron chi connectivity index (χ1n) is 6.31. The molecular weight excluding hydrogens is 210 g/mol.